The minimum Gasteiger partial charge on any atom is -0.466 e. The molecular weight excluding hydrogens is 382 g/mol. The van der Waals surface area contributed by atoms with E-state index in [1.54, 1.807) is 6.08 Å². The van der Waals surface area contributed by atoms with Gasteiger partial charge in [0.05, 0.1) is 38.0 Å². The molecule has 1 saturated heterocycles. The number of carbonyl (C=O) groups excluding carboxylic acids is 2. The van der Waals surface area contributed by atoms with Crippen LogP contribution in [-0.2, 0) is 23.8 Å². The summed E-state index contributed by atoms with van der Waals surface area (Å²) in [6.07, 6.45) is 3.40. The fourth-order valence-corrected chi connectivity index (χ4v) is 3.69. The molecular formula is C24H33NO5. The van der Waals surface area contributed by atoms with Crippen LogP contribution in [0.25, 0.3) is 0 Å². The number of nitrogens with zero attached hydrogens (tertiary/aromatic N) is 1. The number of likely N-dealkylation sites (tertiary alicyclic amines) is 1. The van der Waals surface area contributed by atoms with Crippen LogP contribution in [0.3, 0.4) is 0 Å². The third-order valence-corrected chi connectivity index (χ3v) is 5.12. The molecule has 164 valence electrons. The third-order valence-electron chi connectivity index (χ3n) is 5.12. The molecule has 0 bridgehead atoms. The van der Waals surface area contributed by atoms with Gasteiger partial charge in [-0.15, -0.1) is 6.58 Å². The number of benzene rings is 1. The lowest BCUT2D eigenvalue weighted by atomic mass is 9.89. The molecule has 0 saturated carbocycles. The van der Waals surface area contributed by atoms with Gasteiger partial charge in [-0.2, -0.15) is 0 Å². The Morgan fingerprint density at radius 3 is 2.33 bits per heavy atom. The van der Waals surface area contributed by atoms with Crippen molar-refractivity contribution in [3.05, 3.63) is 59.8 Å². The van der Waals surface area contributed by atoms with Crippen LogP contribution in [0.1, 0.15) is 45.1 Å². The lowest BCUT2D eigenvalue weighted by Crippen LogP contribution is -2.40. The largest absolute Gasteiger partial charge is 0.466 e. The summed E-state index contributed by atoms with van der Waals surface area (Å²) in [5.41, 5.74) is 0.991. The molecule has 6 heteroatoms. The average molecular weight is 416 g/mol. The van der Waals surface area contributed by atoms with Gasteiger partial charge in [0, 0.05) is 12.5 Å². The topological polar surface area (TPSA) is 65.1 Å². The Morgan fingerprint density at radius 2 is 1.80 bits per heavy atom. The minimum atomic E-state index is -0.577. The SMILES string of the molecule is C=C[C@H](/C(C(=O)OC)=C(/C(=O)OC)N1CCC[C@H]1COC(C)(C)C)c1ccccc1. The van der Waals surface area contributed by atoms with E-state index in [1.807, 2.05) is 56.0 Å². The van der Waals surface area contributed by atoms with Gasteiger partial charge >= 0.3 is 11.9 Å². The number of rotatable bonds is 8. The maximum Gasteiger partial charge on any atom is 0.354 e. The van der Waals surface area contributed by atoms with E-state index in [9.17, 15) is 9.59 Å². The predicted molar refractivity (Wildman–Crippen MR) is 116 cm³/mol. The molecule has 2 atom stereocenters. The lowest BCUT2D eigenvalue weighted by molar-refractivity contribution is -0.141. The van der Waals surface area contributed by atoms with E-state index in [4.69, 9.17) is 14.2 Å². The van der Waals surface area contributed by atoms with Crippen molar-refractivity contribution < 1.29 is 23.8 Å². The molecule has 30 heavy (non-hydrogen) atoms. The number of esters is 2. The van der Waals surface area contributed by atoms with E-state index in [-0.39, 0.29) is 22.9 Å². The van der Waals surface area contributed by atoms with Crippen molar-refractivity contribution in [2.75, 3.05) is 27.4 Å². The van der Waals surface area contributed by atoms with Crippen molar-refractivity contribution in [2.24, 2.45) is 0 Å². The van der Waals surface area contributed by atoms with Crippen molar-refractivity contribution >= 4 is 11.9 Å². The van der Waals surface area contributed by atoms with Gasteiger partial charge in [0.2, 0.25) is 0 Å². The number of ether oxygens (including phenoxy) is 3. The van der Waals surface area contributed by atoms with Crippen LogP contribution in [0.15, 0.2) is 54.3 Å². The Hall–Kier alpha value is -2.60. The van der Waals surface area contributed by atoms with E-state index < -0.39 is 17.9 Å². The van der Waals surface area contributed by atoms with Gasteiger partial charge in [-0.05, 0) is 39.2 Å². The number of allylic oxidation sites excluding steroid dienone is 1. The molecule has 1 fully saturated rings. The van der Waals surface area contributed by atoms with Gasteiger partial charge in [0.25, 0.3) is 0 Å². The second-order valence-electron chi connectivity index (χ2n) is 8.28. The van der Waals surface area contributed by atoms with E-state index in [0.29, 0.717) is 13.2 Å². The molecule has 6 nitrogen and oxygen atoms in total. The first-order chi connectivity index (χ1) is 14.2. The Balaban J connectivity index is 2.60. The highest BCUT2D eigenvalue weighted by atomic mass is 16.5. The van der Waals surface area contributed by atoms with E-state index in [2.05, 4.69) is 6.58 Å². The summed E-state index contributed by atoms with van der Waals surface area (Å²) in [5.74, 6) is -1.66. The monoisotopic (exact) mass is 415 g/mol. The minimum absolute atomic E-state index is 0.0424. The molecule has 1 aromatic rings. The van der Waals surface area contributed by atoms with Crippen molar-refractivity contribution in [1.82, 2.24) is 4.90 Å². The van der Waals surface area contributed by atoms with Crippen molar-refractivity contribution in [3.63, 3.8) is 0 Å². The first kappa shape index (κ1) is 23.7. The second-order valence-corrected chi connectivity index (χ2v) is 8.28. The number of hydrogen-bond acceptors (Lipinski definition) is 6. The molecule has 0 amide bonds. The lowest BCUT2D eigenvalue weighted by Gasteiger charge is -2.32. The zero-order valence-corrected chi connectivity index (χ0v) is 18.6. The predicted octanol–water partition coefficient (Wildman–Crippen LogP) is 3.84. The Kier molecular flexibility index (Phi) is 8.24. The molecule has 1 aliphatic heterocycles. The smallest absolute Gasteiger partial charge is 0.354 e. The first-order valence-corrected chi connectivity index (χ1v) is 10.2. The third kappa shape index (κ3) is 5.72. The van der Waals surface area contributed by atoms with Crippen LogP contribution >= 0.6 is 0 Å². The zero-order valence-electron chi connectivity index (χ0n) is 18.6. The van der Waals surface area contributed by atoms with Gasteiger partial charge in [0.15, 0.2) is 0 Å². The Labute approximate surface area is 179 Å². The summed E-state index contributed by atoms with van der Waals surface area (Å²) in [6, 6.07) is 9.41. The van der Waals surface area contributed by atoms with E-state index >= 15 is 0 Å². The maximum absolute atomic E-state index is 13.0. The molecule has 1 aliphatic rings. The highest BCUT2D eigenvalue weighted by molar-refractivity contribution is 6.01. The van der Waals surface area contributed by atoms with Crippen LogP contribution in [0.4, 0.5) is 0 Å². The number of carbonyl (C=O) groups is 2. The highest BCUT2D eigenvalue weighted by Crippen LogP contribution is 2.34. The molecule has 0 unspecified atom stereocenters. The summed E-state index contributed by atoms with van der Waals surface area (Å²) in [7, 11) is 2.63. The van der Waals surface area contributed by atoms with Crippen molar-refractivity contribution in [3.8, 4) is 0 Å². The average Bonchev–Trinajstić information content (AvgIpc) is 3.19. The molecule has 0 N–H and O–H groups in total. The van der Waals surface area contributed by atoms with E-state index in [1.165, 1.54) is 14.2 Å². The van der Waals surface area contributed by atoms with Gasteiger partial charge < -0.3 is 19.1 Å². The standard InChI is InChI=1S/C24H33NO5/c1-7-19(17-12-9-8-10-13-17)20(22(26)28-5)21(23(27)29-6)25-15-11-14-18(25)16-30-24(2,3)4/h7-10,12-13,18-19H,1,11,14-16H2,2-6H3/b21-20+/t18-,19-/m0/s1. The molecule has 0 radical (unpaired) electrons. The summed E-state index contributed by atoms with van der Waals surface area (Å²) < 4.78 is 16.2. The van der Waals surface area contributed by atoms with Crippen LogP contribution < -0.4 is 0 Å². The van der Waals surface area contributed by atoms with E-state index in [0.717, 1.165) is 18.4 Å². The normalized spacial score (nSPS) is 18.4. The summed E-state index contributed by atoms with van der Waals surface area (Å²) in [4.78, 5) is 27.8. The van der Waals surface area contributed by atoms with Crippen LogP contribution in [0, 0.1) is 0 Å². The number of hydrogen-bond donors (Lipinski definition) is 0. The van der Waals surface area contributed by atoms with Crippen LogP contribution in [0.2, 0.25) is 0 Å². The van der Waals surface area contributed by atoms with Gasteiger partial charge in [0.1, 0.15) is 5.70 Å². The quantitative estimate of drug-likeness (QED) is 0.365. The number of methoxy groups -OCH3 is 2. The molecule has 1 heterocycles. The van der Waals surface area contributed by atoms with Crippen LogP contribution in [0.5, 0.6) is 0 Å². The molecule has 0 aromatic heterocycles. The maximum atomic E-state index is 13.0. The molecule has 0 spiro atoms. The Morgan fingerprint density at radius 1 is 1.17 bits per heavy atom. The van der Waals surface area contributed by atoms with Crippen LogP contribution in [-0.4, -0.2) is 55.9 Å². The summed E-state index contributed by atoms with van der Waals surface area (Å²) >= 11 is 0. The van der Waals surface area contributed by atoms with Crippen molar-refractivity contribution in [2.45, 2.75) is 51.2 Å². The fraction of sp³-hybridized carbons (Fsp3) is 0.500. The highest BCUT2D eigenvalue weighted by Gasteiger charge is 2.37. The van der Waals surface area contributed by atoms with Crippen molar-refractivity contribution in [1.29, 1.82) is 0 Å². The zero-order chi connectivity index (χ0) is 22.3. The van der Waals surface area contributed by atoms with Gasteiger partial charge in [-0.1, -0.05) is 36.4 Å². The fourth-order valence-electron chi connectivity index (χ4n) is 3.69. The summed E-state index contributed by atoms with van der Waals surface area (Å²) in [5, 5.41) is 0. The molecule has 2 rings (SSSR count). The summed E-state index contributed by atoms with van der Waals surface area (Å²) in [6.45, 7) is 11.0. The molecule has 1 aromatic carbocycles. The van der Waals surface area contributed by atoms with Gasteiger partial charge in [-0.25, -0.2) is 9.59 Å². The Bertz CT molecular complexity index is 779. The first-order valence-electron chi connectivity index (χ1n) is 10.2. The second kappa shape index (κ2) is 10.4. The van der Waals surface area contributed by atoms with Gasteiger partial charge in [-0.3, -0.25) is 0 Å². The molecule has 0 aliphatic carbocycles.